The summed E-state index contributed by atoms with van der Waals surface area (Å²) in [7, 11) is 0. The summed E-state index contributed by atoms with van der Waals surface area (Å²) in [5.74, 6) is 1.00. The molecule has 2 aromatic carbocycles. The molecular weight excluding hydrogens is 312 g/mol. The Balaban J connectivity index is 2.26. The standard InChI is InChI=1S/C18H21BrO/c1-12-8-14(3)17(15(4)9-12)11-20-18-13(2)6-5-7-16(18)10-19/h5-9H,10-11H2,1-4H3. The largest absolute Gasteiger partial charge is 0.488 e. The van der Waals surface area contributed by atoms with Crippen LogP contribution in [0.2, 0.25) is 0 Å². The molecule has 0 aliphatic heterocycles. The molecule has 2 rings (SSSR count). The monoisotopic (exact) mass is 332 g/mol. The van der Waals surface area contributed by atoms with Gasteiger partial charge < -0.3 is 4.74 Å². The fourth-order valence-corrected chi connectivity index (χ4v) is 3.05. The second-order valence-electron chi connectivity index (χ2n) is 5.36. The Bertz CT molecular complexity index is 594. The van der Waals surface area contributed by atoms with Crippen molar-refractivity contribution in [2.24, 2.45) is 0 Å². The molecule has 0 aliphatic rings. The minimum atomic E-state index is 0.628. The summed E-state index contributed by atoms with van der Waals surface area (Å²) >= 11 is 3.53. The second kappa shape index (κ2) is 6.45. The zero-order chi connectivity index (χ0) is 14.7. The molecule has 0 saturated carbocycles. The average Bonchev–Trinajstić information content (AvgIpc) is 2.38. The summed E-state index contributed by atoms with van der Waals surface area (Å²) in [4.78, 5) is 0. The van der Waals surface area contributed by atoms with E-state index in [4.69, 9.17) is 4.74 Å². The van der Waals surface area contributed by atoms with E-state index in [0.29, 0.717) is 6.61 Å². The summed E-state index contributed by atoms with van der Waals surface area (Å²) in [6, 6.07) is 10.7. The molecule has 2 aromatic rings. The van der Waals surface area contributed by atoms with Gasteiger partial charge in [0.05, 0.1) is 0 Å². The summed E-state index contributed by atoms with van der Waals surface area (Å²) in [5, 5.41) is 0.815. The van der Waals surface area contributed by atoms with Gasteiger partial charge >= 0.3 is 0 Å². The van der Waals surface area contributed by atoms with Crippen LogP contribution in [-0.4, -0.2) is 0 Å². The van der Waals surface area contributed by atoms with E-state index in [2.05, 4.69) is 74.0 Å². The van der Waals surface area contributed by atoms with Crippen LogP contribution < -0.4 is 4.74 Å². The van der Waals surface area contributed by atoms with Crippen molar-refractivity contribution in [2.75, 3.05) is 0 Å². The van der Waals surface area contributed by atoms with Crippen LogP contribution in [0.15, 0.2) is 30.3 Å². The van der Waals surface area contributed by atoms with E-state index >= 15 is 0 Å². The van der Waals surface area contributed by atoms with Crippen molar-refractivity contribution in [1.82, 2.24) is 0 Å². The van der Waals surface area contributed by atoms with Gasteiger partial charge in [-0.15, -0.1) is 0 Å². The lowest BCUT2D eigenvalue weighted by molar-refractivity contribution is 0.300. The van der Waals surface area contributed by atoms with Crippen LogP contribution in [0, 0.1) is 27.7 Å². The summed E-state index contributed by atoms with van der Waals surface area (Å²) in [6.07, 6.45) is 0. The maximum Gasteiger partial charge on any atom is 0.126 e. The third-order valence-corrected chi connectivity index (χ3v) is 4.24. The van der Waals surface area contributed by atoms with Crippen molar-refractivity contribution in [1.29, 1.82) is 0 Å². The molecule has 1 nitrogen and oxygen atoms in total. The van der Waals surface area contributed by atoms with Crippen molar-refractivity contribution in [3.8, 4) is 5.75 Å². The van der Waals surface area contributed by atoms with Gasteiger partial charge in [0, 0.05) is 10.9 Å². The molecule has 0 aliphatic carbocycles. The number of benzene rings is 2. The molecule has 0 heterocycles. The summed E-state index contributed by atoms with van der Waals surface area (Å²) in [6.45, 7) is 9.16. The Hall–Kier alpha value is -1.28. The molecule has 0 aromatic heterocycles. The fraction of sp³-hybridized carbons (Fsp3) is 0.333. The van der Waals surface area contributed by atoms with Crippen LogP contribution in [0.5, 0.6) is 5.75 Å². The molecular formula is C18H21BrO. The maximum atomic E-state index is 6.12. The number of halogens is 1. The van der Waals surface area contributed by atoms with E-state index in [0.717, 1.165) is 11.1 Å². The van der Waals surface area contributed by atoms with Crippen molar-refractivity contribution in [2.45, 2.75) is 39.6 Å². The Morgan fingerprint density at radius 1 is 0.950 bits per heavy atom. The molecule has 0 N–H and O–H groups in total. The number of rotatable bonds is 4. The number of alkyl halides is 1. The zero-order valence-corrected chi connectivity index (χ0v) is 14.2. The number of aryl methyl sites for hydroxylation is 4. The first-order valence-electron chi connectivity index (χ1n) is 6.87. The number of hydrogen-bond acceptors (Lipinski definition) is 1. The molecule has 0 fully saturated rings. The second-order valence-corrected chi connectivity index (χ2v) is 5.92. The van der Waals surface area contributed by atoms with E-state index < -0.39 is 0 Å². The van der Waals surface area contributed by atoms with Gasteiger partial charge in [0.25, 0.3) is 0 Å². The van der Waals surface area contributed by atoms with Crippen LogP contribution in [-0.2, 0) is 11.9 Å². The highest BCUT2D eigenvalue weighted by atomic mass is 79.9. The lowest BCUT2D eigenvalue weighted by Crippen LogP contribution is -2.04. The zero-order valence-electron chi connectivity index (χ0n) is 12.6. The first-order chi connectivity index (χ1) is 9.52. The first kappa shape index (κ1) is 15.1. The normalized spacial score (nSPS) is 10.7. The first-order valence-corrected chi connectivity index (χ1v) is 7.99. The van der Waals surface area contributed by atoms with Crippen LogP contribution in [0.25, 0.3) is 0 Å². The molecule has 0 amide bonds. The van der Waals surface area contributed by atoms with E-state index in [9.17, 15) is 0 Å². The smallest absolute Gasteiger partial charge is 0.126 e. The average molecular weight is 333 g/mol. The predicted octanol–water partition coefficient (Wildman–Crippen LogP) is 5.39. The molecule has 0 atom stereocenters. The van der Waals surface area contributed by atoms with Crippen LogP contribution in [0.3, 0.4) is 0 Å². The minimum Gasteiger partial charge on any atom is -0.488 e. The predicted molar refractivity (Wildman–Crippen MR) is 88.8 cm³/mol. The Morgan fingerprint density at radius 2 is 1.60 bits per heavy atom. The Morgan fingerprint density at radius 3 is 2.20 bits per heavy atom. The molecule has 20 heavy (non-hydrogen) atoms. The van der Waals surface area contributed by atoms with Crippen LogP contribution in [0.1, 0.15) is 33.4 Å². The lowest BCUT2D eigenvalue weighted by atomic mass is 10.0. The van der Waals surface area contributed by atoms with E-state index in [1.54, 1.807) is 0 Å². The summed E-state index contributed by atoms with van der Waals surface area (Å²) < 4.78 is 6.12. The van der Waals surface area contributed by atoms with Crippen molar-refractivity contribution < 1.29 is 4.74 Å². The number of hydrogen-bond donors (Lipinski definition) is 0. The summed E-state index contributed by atoms with van der Waals surface area (Å²) in [5.41, 5.74) is 7.59. The fourth-order valence-electron chi connectivity index (χ4n) is 2.61. The van der Waals surface area contributed by atoms with E-state index in [-0.39, 0.29) is 0 Å². The van der Waals surface area contributed by atoms with Gasteiger partial charge in [0.15, 0.2) is 0 Å². The quantitative estimate of drug-likeness (QED) is 0.681. The van der Waals surface area contributed by atoms with Crippen LogP contribution in [0.4, 0.5) is 0 Å². The van der Waals surface area contributed by atoms with Crippen molar-refractivity contribution >= 4 is 15.9 Å². The van der Waals surface area contributed by atoms with Gasteiger partial charge in [-0.1, -0.05) is 51.8 Å². The van der Waals surface area contributed by atoms with E-state index in [1.807, 2.05) is 0 Å². The highest BCUT2D eigenvalue weighted by Crippen LogP contribution is 2.27. The molecule has 106 valence electrons. The topological polar surface area (TPSA) is 9.23 Å². The third-order valence-electron chi connectivity index (χ3n) is 3.64. The minimum absolute atomic E-state index is 0.628. The van der Waals surface area contributed by atoms with Gasteiger partial charge in [0.2, 0.25) is 0 Å². The number of para-hydroxylation sites is 1. The lowest BCUT2D eigenvalue weighted by Gasteiger charge is -2.16. The van der Waals surface area contributed by atoms with Crippen molar-refractivity contribution in [3.63, 3.8) is 0 Å². The maximum absolute atomic E-state index is 6.12. The van der Waals surface area contributed by atoms with Gasteiger partial charge in [-0.3, -0.25) is 0 Å². The highest BCUT2D eigenvalue weighted by molar-refractivity contribution is 9.08. The van der Waals surface area contributed by atoms with Crippen molar-refractivity contribution in [3.05, 3.63) is 63.7 Å². The van der Waals surface area contributed by atoms with E-state index in [1.165, 1.54) is 33.4 Å². The van der Waals surface area contributed by atoms with Gasteiger partial charge in [-0.2, -0.15) is 0 Å². The molecule has 0 spiro atoms. The molecule has 0 unspecified atom stereocenters. The Labute approximate surface area is 130 Å². The van der Waals surface area contributed by atoms with Gasteiger partial charge in [-0.05, 0) is 49.9 Å². The molecule has 0 bridgehead atoms. The SMILES string of the molecule is Cc1cc(C)c(COc2c(C)cccc2CBr)c(C)c1. The number of ether oxygens (including phenoxy) is 1. The third kappa shape index (κ3) is 3.24. The van der Waals surface area contributed by atoms with Gasteiger partial charge in [0.1, 0.15) is 12.4 Å². The van der Waals surface area contributed by atoms with Crippen LogP contribution >= 0.6 is 15.9 Å². The molecule has 0 radical (unpaired) electrons. The van der Waals surface area contributed by atoms with Gasteiger partial charge in [-0.25, -0.2) is 0 Å². The molecule has 0 saturated heterocycles. The molecule has 2 heteroatoms. The Kier molecular flexibility index (Phi) is 4.87. The highest BCUT2D eigenvalue weighted by Gasteiger charge is 2.09.